The van der Waals surface area contributed by atoms with Crippen LogP contribution in [0.5, 0.6) is 0 Å². The molecule has 0 fully saturated rings. The summed E-state index contributed by atoms with van der Waals surface area (Å²) in [4.78, 5) is 30.2. The van der Waals surface area contributed by atoms with Crippen LogP contribution >= 0.6 is 11.3 Å². The second kappa shape index (κ2) is 8.39. The molecule has 2 unspecified atom stereocenters. The quantitative estimate of drug-likeness (QED) is 0.585. The summed E-state index contributed by atoms with van der Waals surface area (Å²) < 4.78 is 0. The minimum absolute atomic E-state index is 0.00484. The Labute approximate surface area is 163 Å². The fraction of sp³-hybridized carbons (Fsp3) is 0.333. The Bertz CT molecular complexity index is 944. The molecule has 0 aliphatic carbocycles. The van der Waals surface area contributed by atoms with Crippen molar-refractivity contribution in [3.63, 3.8) is 0 Å². The number of amides is 2. The maximum absolute atomic E-state index is 12.8. The van der Waals surface area contributed by atoms with Crippen molar-refractivity contribution in [1.82, 2.24) is 15.6 Å². The van der Waals surface area contributed by atoms with Gasteiger partial charge in [0.05, 0.1) is 0 Å². The molecule has 0 saturated heterocycles. The third-order valence-electron chi connectivity index (χ3n) is 4.48. The van der Waals surface area contributed by atoms with Crippen LogP contribution in [0.25, 0.3) is 10.9 Å². The monoisotopic (exact) mass is 383 g/mol. The molecule has 27 heavy (non-hydrogen) atoms. The van der Waals surface area contributed by atoms with Crippen LogP contribution in [0.3, 0.4) is 0 Å². The summed E-state index contributed by atoms with van der Waals surface area (Å²) in [6.45, 7) is 5.50. The normalized spacial score (nSPS) is 13.3. The predicted molar refractivity (Wildman–Crippen MR) is 110 cm³/mol. The van der Waals surface area contributed by atoms with Crippen LogP contribution in [0.15, 0.2) is 42.6 Å². The number of hydrogen-bond acceptors (Lipinski definition) is 3. The van der Waals surface area contributed by atoms with E-state index in [9.17, 15) is 9.59 Å². The first kappa shape index (κ1) is 19.2. The SMILES string of the molecule is CC(=O)NC(Cc1c[nH]c2ccccc12)C(=O)NC(C)Cc1ccc(C)s1. The van der Waals surface area contributed by atoms with E-state index in [2.05, 4.69) is 34.7 Å². The van der Waals surface area contributed by atoms with E-state index < -0.39 is 6.04 Å². The van der Waals surface area contributed by atoms with Crippen molar-refractivity contribution in [2.45, 2.75) is 45.7 Å². The molecule has 2 heterocycles. The molecular formula is C21H25N3O2S. The summed E-state index contributed by atoms with van der Waals surface area (Å²) >= 11 is 1.74. The minimum atomic E-state index is -0.603. The third kappa shape index (κ3) is 4.98. The molecule has 0 aliphatic heterocycles. The van der Waals surface area contributed by atoms with Gasteiger partial charge in [0.2, 0.25) is 11.8 Å². The number of H-pyrrole nitrogens is 1. The molecule has 0 saturated carbocycles. The van der Waals surface area contributed by atoms with Crippen molar-refractivity contribution in [2.24, 2.45) is 0 Å². The molecule has 3 rings (SSSR count). The van der Waals surface area contributed by atoms with E-state index in [0.717, 1.165) is 22.9 Å². The number of hydrogen-bond donors (Lipinski definition) is 3. The smallest absolute Gasteiger partial charge is 0.243 e. The molecule has 0 bridgehead atoms. The molecule has 1 aromatic carbocycles. The minimum Gasteiger partial charge on any atom is -0.361 e. The highest BCUT2D eigenvalue weighted by Crippen LogP contribution is 2.20. The zero-order chi connectivity index (χ0) is 19.4. The molecule has 142 valence electrons. The fourth-order valence-corrected chi connectivity index (χ4v) is 4.29. The summed E-state index contributed by atoms with van der Waals surface area (Å²) in [7, 11) is 0. The largest absolute Gasteiger partial charge is 0.361 e. The van der Waals surface area contributed by atoms with Crippen LogP contribution in [0.1, 0.15) is 29.2 Å². The lowest BCUT2D eigenvalue weighted by atomic mass is 10.0. The zero-order valence-electron chi connectivity index (χ0n) is 15.8. The number of aromatic amines is 1. The molecule has 2 aromatic heterocycles. The van der Waals surface area contributed by atoms with Gasteiger partial charge in [-0.1, -0.05) is 18.2 Å². The van der Waals surface area contributed by atoms with Gasteiger partial charge in [0, 0.05) is 52.7 Å². The zero-order valence-corrected chi connectivity index (χ0v) is 16.7. The van der Waals surface area contributed by atoms with Gasteiger partial charge in [-0.2, -0.15) is 0 Å². The molecule has 3 aromatic rings. The van der Waals surface area contributed by atoms with Crippen molar-refractivity contribution in [3.8, 4) is 0 Å². The summed E-state index contributed by atoms with van der Waals surface area (Å²) in [6, 6.07) is 11.5. The Balaban J connectivity index is 1.69. The number of fused-ring (bicyclic) bond motifs is 1. The molecule has 3 N–H and O–H groups in total. The highest BCUT2D eigenvalue weighted by Gasteiger charge is 2.23. The summed E-state index contributed by atoms with van der Waals surface area (Å²) in [5, 5.41) is 6.91. The van der Waals surface area contributed by atoms with Crippen LogP contribution in [0.4, 0.5) is 0 Å². The number of para-hydroxylation sites is 1. The average molecular weight is 384 g/mol. The van der Waals surface area contributed by atoms with Gasteiger partial charge >= 0.3 is 0 Å². The second-order valence-corrected chi connectivity index (χ2v) is 8.32. The van der Waals surface area contributed by atoms with E-state index in [-0.39, 0.29) is 17.9 Å². The predicted octanol–water partition coefficient (Wildman–Crippen LogP) is 3.33. The van der Waals surface area contributed by atoms with E-state index in [1.165, 1.54) is 16.7 Å². The molecule has 0 radical (unpaired) electrons. The van der Waals surface area contributed by atoms with Crippen LogP contribution < -0.4 is 10.6 Å². The van der Waals surface area contributed by atoms with Crippen LogP contribution in [0.2, 0.25) is 0 Å². The Morgan fingerprint density at radius 2 is 1.89 bits per heavy atom. The lowest BCUT2D eigenvalue weighted by Crippen LogP contribution is -2.50. The molecule has 0 spiro atoms. The molecule has 0 aliphatic rings. The molecule has 5 nitrogen and oxygen atoms in total. The topological polar surface area (TPSA) is 74.0 Å². The Kier molecular flexibility index (Phi) is 5.96. The third-order valence-corrected chi connectivity index (χ3v) is 5.51. The number of rotatable bonds is 7. The highest BCUT2D eigenvalue weighted by atomic mass is 32.1. The van der Waals surface area contributed by atoms with E-state index in [1.807, 2.05) is 37.4 Å². The van der Waals surface area contributed by atoms with E-state index in [0.29, 0.717) is 6.42 Å². The number of carbonyl (C=O) groups excluding carboxylic acids is 2. The Hall–Kier alpha value is -2.60. The van der Waals surface area contributed by atoms with Gasteiger partial charge < -0.3 is 15.6 Å². The van der Waals surface area contributed by atoms with Gasteiger partial charge in [0.1, 0.15) is 6.04 Å². The van der Waals surface area contributed by atoms with Crippen molar-refractivity contribution < 1.29 is 9.59 Å². The first-order valence-corrected chi connectivity index (χ1v) is 9.92. The number of aromatic nitrogens is 1. The van der Waals surface area contributed by atoms with Gasteiger partial charge in [-0.05, 0) is 37.6 Å². The fourth-order valence-electron chi connectivity index (χ4n) is 3.27. The van der Waals surface area contributed by atoms with Crippen molar-refractivity contribution in [3.05, 3.63) is 57.9 Å². The van der Waals surface area contributed by atoms with Crippen LogP contribution in [-0.4, -0.2) is 28.9 Å². The maximum Gasteiger partial charge on any atom is 0.243 e. The molecule has 6 heteroatoms. The first-order chi connectivity index (χ1) is 12.9. The summed E-state index contributed by atoms with van der Waals surface area (Å²) in [5.41, 5.74) is 2.04. The van der Waals surface area contributed by atoms with Gasteiger partial charge in [-0.25, -0.2) is 0 Å². The molecule has 2 atom stereocenters. The lowest BCUT2D eigenvalue weighted by Gasteiger charge is -2.20. The van der Waals surface area contributed by atoms with Crippen LogP contribution in [-0.2, 0) is 22.4 Å². The number of aryl methyl sites for hydroxylation is 1. The number of carbonyl (C=O) groups is 2. The van der Waals surface area contributed by atoms with Crippen LogP contribution in [0, 0.1) is 6.92 Å². The van der Waals surface area contributed by atoms with Gasteiger partial charge in [0.25, 0.3) is 0 Å². The average Bonchev–Trinajstić information content (AvgIpc) is 3.20. The summed E-state index contributed by atoms with van der Waals surface area (Å²) in [6.07, 6.45) is 3.13. The van der Waals surface area contributed by atoms with Crippen molar-refractivity contribution in [1.29, 1.82) is 0 Å². The Morgan fingerprint density at radius 1 is 1.11 bits per heavy atom. The van der Waals surface area contributed by atoms with Crippen molar-refractivity contribution in [2.75, 3.05) is 0 Å². The lowest BCUT2D eigenvalue weighted by molar-refractivity contribution is -0.128. The second-order valence-electron chi connectivity index (χ2n) is 6.94. The number of nitrogens with one attached hydrogen (secondary N) is 3. The van der Waals surface area contributed by atoms with Gasteiger partial charge in [0.15, 0.2) is 0 Å². The van der Waals surface area contributed by atoms with E-state index >= 15 is 0 Å². The number of benzene rings is 1. The molecule has 2 amide bonds. The highest BCUT2D eigenvalue weighted by molar-refractivity contribution is 7.11. The maximum atomic E-state index is 12.8. The van der Waals surface area contributed by atoms with Gasteiger partial charge in [-0.3, -0.25) is 9.59 Å². The first-order valence-electron chi connectivity index (χ1n) is 9.10. The van der Waals surface area contributed by atoms with E-state index in [1.54, 1.807) is 11.3 Å². The van der Waals surface area contributed by atoms with E-state index in [4.69, 9.17) is 0 Å². The standard InChI is InChI=1S/C21H25N3O2S/c1-13(10-17-9-8-14(2)27-17)23-21(26)20(24-15(3)25)11-16-12-22-19-7-5-4-6-18(16)19/h4-9,12-13,20,22H,10-11H2,1-3H3,(H,23,26)(H,24,25). The number of thiophene rings is 1. The molecular weight excluding hydrogens is 358 g/mol. The summed E-state index contributed by atoms with van der Waals surface area (Å²) in [5.74, 6) is -0.368. The van der Waals surface area contributed by atoms with Gasteiger partial charge in [-0.15, -0.1) is 11.3 Å². The Morgan fingerprint density at radius 3 is 2.59 bits per heavy atom. The van der Waals surface area contributed by atoms with Crippen molar-refractivity contribution >= 4 is 34.1 Å².